The summed E-state index contributed by atoms with van der Waals surface area (Å²) in [5.74, 6) is 0.139. The molecule has 2 heterocycles. The number of nitrogens with zero attached hydrogens (tertiary/aromatic N) is 3. The molecule has 6 heteroatoms. The fraction of sp³-hybridized carbons (Fsp3) is 0.312. The normalized spacial score (nSPS) is 11.0. The van der Waals surface area contributed by atoms with Gasteiger partial charge in [-0.1, -0.05) is 12.1 Å². The smallest absolute Gasteiger partial charge is 0.287 e. The van der Waals surface area contributed by atoms with Crippen molar-refractivity contribution in [1.29, 1.82) is 0 Å². The Morgan fingerprint density at radius 1 is 1.27 bits per heavy atom. The van der Waals surface area contributed by atoms with Crippen molar-refractivity contribution in [3.8, 4) is 0 Å². The first-order valence-electron chi connectivity index (χ1n) is 7.30. The molecule has 3 rings (SSSR count). The first kappa shape index (κ1) is 14.3. The highest BCUT2D eigenvalue weighted by molar-refractivity contribution is 5.94. The molecule has 0 saturated carbocycles. The number of imidazole rings is 1. The fourth-order valence-corrected chi connectivity index (χ4v) is 2.42. The van der Waals surface area contributed by atoms with E-state index in [1.54, 1.807) is 0 Å². The quantitative estimate of drug-likeness (QED) is 0.774. The third-order valence-electron chi connectivity index (χ3n) is 3.96. The Bertz CT molecular complexity index is 797. The number of nitrogens with one attached hydrogen (secondary N) is 2. The average molecular weight is 297 g/mol. The molecule has 2 aromatic heterocycles. The van der Waals surface area contributed by atoms with E-state index in [1.165, 1.54) is 5.56 Å². The van der Waals surface area contributed by atoms with E-state index in [0.717, 1.165) is 22.4 Å². The number of aromatic nitrogens is 4. The van der Waals surface area contributed by atoms with Crippen LogP contribution in [-0.4, -0.2) is 32.2 Å². The molecule has 1 amide bonds. The maximum absolute atomic E-state index is 12.1. The van der Waals surface area contributed by atoms with Crippen molar-refractivity contribution in [3.05, 3.63) is 47.0 Å². The third kappa shape index (κ3) is 2.59. The van der Waals surface area contributed by atoms with Crippen molar-refractivity contribution in [2.75, 3.05) is 6.54 Å². The molecule has 0 bridgehead atoms. The number of aryl methyl sites for hydroxylation is 1. The van der Waals surface area contributed by atoms with Gasteiger partial charge in [0, 0.05) is 12.2 Å². The lowest BCUT2D eigenvalue weighted by molar-refractivity contribution is 0.0942. The standard InChI is InChI=1S/C16H19N5O/c1-10-11(2)20-21(12(10)3)9-8-17-16(22)15-18-13-6-4-5-7-14(13)19-15/h4-7H,8-9H2,1-3H3,(H,17,22)(H,18,19). The molecule has 0 fully saturated rings. The van der Waals surface area contributed by atoms with Gasteiger partial charge in [-0.15, -0.1) is 0 Å². The topological polar surface area (TPSA) is 75.6 Å². The Balaban J connectivity index is 1.63. The second-order valence-electron chi connectivity index (χ2n) is 5.38. The molecule has 0 aliphatic rings. The predicted molar refractivity (Wildman–Crippen MR) is 84.9 cm³/mol. The molecule has 0 atom stereocenters. The lowest BCUT2D eigenvalue weighted by Gasteiger charge is -2.05. The van der Waals surface area contributed by atoms with Gasteiger partial charge < -0.3 is 10.3 Å². The van der Waals surface area contributed by atoms with Crippen molar-refractivity contribution < 1.29 is 4.79 Å². The molecular weight excluding hydrogens is 278 g/mol. The molecule has 0 unspecified atom stereocenters. The van der Waals surface area contributed by atoms with Gasteiger partial charge in [0.15, 0.2) is 5.82 Å². The van der Waals surface area contributed by atoms with E-state index in [2.05, 4.69) is 27.3 Å². The first-order chi connectivity index (χ1) is 10.6. The lowest BCUT2D eigenvalue weighted by atomic mass is 10.2. The van der Waals surface area contributed by atoms with E-state index < -0.39 is 0 Å². The number of H-pyrrole nitrogens is 1. The van der Waals surface area contributed by atoms with Crippen LogP contribution in [0.1, 0.15) is 27.6 Å². The third-order valence-corrected chi connectivity index (χ3v) is 3.96. The number of carbonyl (C=O) groups excluding carboxylic acids is 1. The number of para-hydroxylation sites is 2. The van der Waals surface area contributed by atoms with Crippen LogP contribution in [0.4, 0.5) is 0 Å². The van der Waals surface area contributed by atoms with Crippen molar-refractivity contribution in [2.24, 2.45) is 0 Å². The number of rotatable bonds is 4. The molecule has 0 radical (unpaired) electrons. The number of benzene rings is 1. The Morgan fingerprint density at radius 2 is 2.05 bits per heavy atom. The summed E-state index contributed by atoms with van der Waals surface area (Å²) < 4.78 is 1.92. The minimum atomic E-state index is -0.200. The van der Waals surface area contributed by atoms with Gasteiger partial charge in [0.05, 0.1) is 23.3 Å². The van der Waals surface area contributed by atoms with Crippen LogP contribution in [-0.2, 0) is 6.54 Å². The highest BCUT2D eigenvalue weighted by Crippen LogP contribution is 2.11. The van der Waals surface area contributed by atoms with Gasteiger partial charge in [0.25, 0.3) is 5.91 Å². The van der Waals surface area contributed by atoms with Crippen LogP contribution in [0.15, 0.2) is 24.3 Å². The molecule has 3 aromatic rings. The number of hydrogen-bond acceptors (Lipinski definition) is 3. The lowest BCUT2D eigenvalue weighted by Crippen LogP contribution is -2.28. The summed E-state index contributed by atoms with van der Waals surface area (Å²) in [6.45, 7) is 7.24. The zero-order chi connectivity index (χ0) is 15.7. The van der Waals surface area contributed by atoms with Crippen LogP contribution < -0.4 is 5.32 Å². The summed E-state index contributed by atoms with van der Waals surface area (Å²) in [4.78, 5) is 19.4. The summed E-state index contributed by atoms with van der Waals surface area (Å²) in [5.41, 5.74) is 5.02. The summed E-state index contributed by atoms with van der Waals surface area (Å²) in [5, 5.41) is 7.33. The molecule has 2 N–H and O–H groups in total. The van der Waals surface area contributed by atoms with Crippen LogP contribution >= 0.6 is 0 Å². The minimum Gasteiger partial charge on any atom is -0.348 e. The van der Waals surface area contributed by atoms with Gasteiger partial charge in [0.1, 0.15) is 0 Å². The van der Waals surface area contributed by atoms with Gasteiger partial charge >= 0.3 is 0 Å². The van der Waals surface area contributed by atoms with Crippen LogP contribution in [0.25, 0.3) is 11.0 Å². The van der Waals surface area contributed by atoms with Crippen LogP contribution in [0.2, 0.25) is 0 Å². The molecule has 0 aliphatic carbocycles. The van der Waals surface area contributed by atoms with Crippen molar-refractivity contribution >= 4 is 16.9 Å². The largest absolute Gasteiger partial charge is 0.348 e. The minimum absolute atomic E-state index is 0.200. The zero-order valence-corrected chi connectivity index (χ0v) is 13.0. The fourth-order valence-electron chi connectivity index (χ4n) is 2.42. The van der Waals surface area contributed by atoms with E-state index in [1.807, 2.05) is 42.8 Å². The summed E-state index contributed by atoms with van der Waals surface area (Å²) >= 11 is 0. The van der Waals surface area contributed by atoms with Crippen molar-refractivity contribution in [1.82, 2.24) is 25.1 Å². The van der Waals surface area contributed by atoms with Gasteiger partial charge in [0.2, 0.25) is 0 Å². The molecular formula is C16H19N5O. The summed E-state index contributed by atoms with van der Waals surface area (Å²) in [6, 6.07) is 7.59. The maximum Gasteiger partial charge on any atom is 0.287 e. The molecule has 6 nitrogen and oxygen atoms in total. The van der Waals surface area contributed by atoms with Crippen molar-refractivity contribution in [3.63, 3.8) is 0 Å². The van der Waals surface area contributed by atoms with Crippen molar-refractivity contribution in [2.45, 2.75) is 27.3 Å². The number of aromatic amines is 1. The molecule has 1 aromatic carbocycles. The van der Waals surface area contributed by atoms with Crippen LogP contribution in [0.5, 0.6) is 0 Å². The van der Waals surface area contributed by atoms with Gasteiger partial charge in [-0.3, -0.25) is 9.48 Å². The molecule has 0 spiro atoms. The second kappa shape index (κ2) is 5.63. The van der Waals surface area contributed by atoms with E-state index in [0.29, 0.717) is 18.9 Å². The van der Waals surface area contributed by atoms with Gasteiger partial charge in [-0.05, 0) is 38.5 Å². The number of fused-ring (bicyclic) bond motifs is 1. The second-order valence-corrected chi connectivity index (χ2v) is 5.38. The number of amides is 1. The van der Waals surface area contributed by atoms with Gasteiger partial charge in [-0.2, -0.15) is 5.10 Å². The summed E-state index contributed by atoms with van der Waals surface area (Å²) in [6.07, 6.45) is 0. The molecule has 0 aliphatic heterocycles. The Labute approximate surface area is 128 Å². The van der Waals surface area contributed by atoms with E-state index in [-0.39, 0.29) is 5.91 Å². The first-order valence-corrected chi connectivity index (χ1v) is 7.30. The van der Waals surface area contributed by atoms with E-state index >= 15 is 0 Å². The molecule has 22 heavy (non-hydrogen) atoms. The average Bonchev–Trinajstić information content (AvgIpc) is 3.05. The Morgan fingerprint density at radius 3 is 2.73 bits per heavy atom. The van der Waals surface area contributed by atoms with Crippen LogP contribution in [0.3, 0.4) is 0 Å². The van der Waals surface area contributed by atoms with Crippen LogP contribution in [0, 0.1) is 20.8 Å². The monoisotopic (exact) mass is 297 g/mol. The molecule has 114 valence electrons. The summed E-state index contributed by atoms with van der Waals surface area (Å²) in [7, 11) is 0. The Hall–Kier alpha value is -2.63. The maximum atomic E-state index is 12.1. The predicted octanol–water partition coefficient (Wildman–Crippen LogP) is 2.11. The Kier molecular flexibility index (Phi) is 3.66. The number of hydrogen-bond donors (Lipinski definition) is 2. The zero-order valence-electron chi connectivity index (χ0n) is 13.0. The number of carbonyl (C=O) groups is 1. The van der Waals surface area contributed by atoms with E-state index in [9.17, 15) is 4.79 Å². The van der Waals surface area contributed by atoms with E-state index in [4.69, 9.17) is 0 Å². The van der Waals surface area contributed by atoms with Gasteiger partial charge in [-0.25, -0.2) is 4.98 Å². The molecule has 0 saturated heterocycles. The highest BCUT2D eigenvalue weighted by Gasteiger charge is 2.11. The highest BCUT2D eigenvalue weighted by atomic mass is 16.2. The SMILES string of the molecule is Cc1nn(CCNC(=O)c2nc3ccccc3[nH]2)c(C)c1C.